The van der Waals surface area contributed by atoms with Gasteiger partial charge in [-0.05, 0) is 48.5 Å². The van der Waals surface area contributed by atoms with Gasteiger partial charge in [0.2, 0.25) is 0 Å². The van der Waals surface area contributed by atoms with Gasteiger partial charge in [0.15, 0.2) is 23.0 Å². The highest BCUT2D eigenvalue weighted by molar-refractivity contribution is 6.00. The molecular weight excluding hydrogens is 450 g/mol. The lowest BCUT2D eigenvalue weighted by Crippen LogP contribution is -2.20. The largest absolute Gasteiger partial charge is 0.493 e. The van der Waals surface area contributed by atoms with Crippen LogP contribution in [0.15, 0.2) is 66.9 Å². The van der Waals surface area contributed by atoms with E-state index in [1.54, 1.807) is 75.0 Å². The second-order valence-corrected chi connectivity index (χ2v) is 7.60. The second-order valence-electron chi connectivity index (χ2n) is 7.60. The Balaban J connectivity index is 1.26. The summed E-state index contributed by atoms with van der Waals surface area (Å²) in [5.74, 6) is 3.67. The van der Waals surface area contributed by atoms with Crippen LogP contribution in [0, 0.1) is 0 Å². The Bertz CT molecular complexity index is 1370. The number of hydrogen-bond donors (Lipinski definition) is 2. The number of benzene rings is 3. The van der Waals surface area contributed by atoms with Gasteiger partial charge in [0.25, 0.3) is 0 Å². The van der Waals surface area contributed by atoms with Gasteiger partial charge in [-0.1, -0.05) is 0 Å². The van der Waals surface area contributed by atoms with Crippen molar-refractivity contribution in [3.8, 4) is 34.5 Å². The van der Waals surface area contributed by atoms with Crippen molar-refractivity contribution in [3.05, 3.63) is 66.9 Å². The molecule has 5 rings (SSSR count). The number of aromatic nitrogens is 1. The summed E-state index contributed by atoms with van der Waals surface area (Å²) in [6.45, 7) is 0.994. The lowest BCUT2D eigenvalue weighted by atomic mass is 10.2. The van der Waals surface area contributed by atoms with E-state index >= 15 is 0 Å². The van der Waals surface area contributed by atoms with Crippen LogP contribution in [0.2, 0.25) is 0 Å². The van der Waals surface area contributed by atoms with Crippen LogP contribution in [0.5, 0.6) is 34.5 Å². The number of carbonyl (C=O) groups is 1. The van der Waals surface area contributed by atoms with Crippen LogP contribution < -0.4 is 34.3 Å². The Morgan fingerprint density at radius 2 is 1.49 bits per heavy atom. The zero-order valence-corrected chi connectivity index (χ0v) is 19.2. The fraction of sp³-hybridized carbons (Fsp3) is 0.154. The Kier molecular flexibility index (Phi) is 6.13. The number of anilines is 2. The van der Waals surface area contributed by atoms with Crippen LogP contribution in [0.1, 0.15) is 0 Å². The van der Waals surface area contributed by atoms with Crippen LogP contribution in [0.3, 0.4) is 0 Å². The van der Waals surface area contributed by atoms with E-state index in [4.69, 9.17) is 23.7 Å². The van der Waals surface area contributed by atoms with E-state index < -0.39 is 0 Å². The molecule has 0 atom stereocenters. The van der Waals surface area contributed by atoms with Gasteiger partial charge in [-0.25, -0.2) is 4.79 Å². The van der Waals surface area contributed by atoms with Crippen molar-refractivity contribution in [3.63, 3.8) is 0 Å². The van der Waals surface area contributed by atoms with Crippen molar-refractivity contribution in [2.75, 3.05) is 38.1 Å². The number of nitrogens with one attached hydrogen (secondary N) is 2. The molecule has 1 aliphatic heterocycles. The fourth-order valence-corrected chi connectivity index (χ4v) is 3.68. The fourth-order valence-electron chi connectivity index (χ4n) is 3.68. The minimum atomic E-state index is -0.378. The van der Waals surface area contributed by atoms with E-state index in [0.717, 1.165) is 5.39 Å². The molecule has 0 unspecified atom stereocenters. The highest BCUT2D eigenvalue weighted by Gasteiger charge is 2.14. The molecule has 0 radical (unpaired) electrons. The molecule has 0 fully saturated rings. The van der Waals surface area contributed by atoms with Gasteiger partial charge >= 0.3 is 6.03 Å². The third-order valence-electron chi connectivity index (χ3n) is 5.35. The summed E-state index contributed by atoms with van der Waals surface area (Å²) >= 11 is 0. The summed E-state index contributed by atoms with van der Waals surface area (Å²) in [5, 5.41) is 6.37. The molecule has 4 aromatic rings. The normalized spacial score (nSPS) is 12.1. The number of pyridine rings is 1. The van der Waals surface area contributed by atoms with Crippen molar-refractivity contribution in [2.24, 2.45) is 0 Å². The van der Waals surface area contributed by atoms with Crippen LogP contribution in [0.25, 0.3) is 10.9 Å². The Morgan fingerprint density at radius 1 is 0.800 bits per heavy atom. The Labute approximate surface area is 201 Å². The molecule has 0 bridgehead atoms. The van der Waals surface area contributed by atoms with E-state index in [1.807, 2.05) is 6.07 Å². The highest BCUT2D eigenvalue weighted by Crippen LogP contribution is 2.37. The summed E-state index contributed by atoms with van der Waals surface area (Å²) in [7, 11) is 3.16. The molecule has 2 heterocycles. The van der Waals surface area contributed by atoms with E-state index in [2.05, 4.69) is 15.6 Å². The number of nitrogens with zero attached hydrogens (tertiary/aromatic N) is 1. The van der Waals surface area contributed by atoms with Crippen LogP contribution in [-0.2, 0) is 0 Å². The summed E-state index contributed by atoms with van der Waals surface area (Å²) < 4.78 is 27.9. The van der Waals surface area contributed by atoms with Crippen LogP contribution >= 0.6 is 0 Å². The van der Waals surface area contributed by atoms with Gasteiger partial charge in [0.1, 0.15) is 24.7 Å². The number of methoxy groups -OCH3 is 2. The van der Waals surface area contributed by atoms with Crippen LogP contribution in [-0.4, -0.2) is 38.4 Å². The lowest BCUT2D eigenvalue weighted by molar-refractivity contribution is 0.171. The minimum absolute atomic E-state index is 0.378. The smallest absolute Gasteiger partial charge is 0.323 e. The average molecular weight is 473 g/mol. The maximum atomic E-state index is 12.4. The molecular formula is C26H23N3O6. The van der Waals surface area contributed by atoms with Crippen molar-refractivity contribution in [1.29, 1.82) is 0 Å². The Morgan fingerprint density at radius 3 is 2.26 bits per heavy atom. The van der Waals surface area contributed by atoms with Gasteiger partial charge < -0.3 is 34.3 Å². The number of urea groups is 1. The van der Waals surface area contributed by atoms with E-state index in [0.29, 0.717) is 64.6 Å². The number of rotatable bonds is 6. The molecule has 1 aromatic heterocycles. The standard InChI is InChI=1S/C26H23N3O6/c1-31-23-14-19-20(15-24(23)32-2)27-10-9-21(19)35-18-6-3-16(4-7-18)28-26(30)29-17-5-8-22-25(13-17)34-12-11-33-22/h3-10,13-15H,11-12H2,1-2H3,(H2,28,29,30). The second kappa shape index (κ2) is 9.68. The summed E-state index contributed by atoms with van der Waals surface area (Å²) in [6.07, 6.45) is 1.67. The molecule has 0 saturated heterocycles. The first-order valence-corrected chi connectivity index (χ1v) is 10.9. The topological polar surface area (TPSA) is 100 Å². The predicted octanol–water partition coefficient (Wildman–Crippen LogP) is 5.46. The first-order valence-electron chi connectivity index (χ1n) is 10.9. The third kappa shape index (κ3) is 4.84. The molecule has 178 valence electrons. The van der Waals surface area contributed by atoms with Crippen molar-refractivity contribution < 1.29 is 28.5 Å². The minimum Gasteiger partial charge on any atom is -0.493 e. The molecule has 3 aromatic carbocycles. The molecule has 0 saturated carbocycles. The number of hydrogen-bond acceptors (Lipinski definition) is 7. The van der Waals surface area contributed by atoms with E-state index in [-0.39, 0.29) is 6.03 Å². The Hall–Kier alpha value is -4.66. The molecule has 0 spiro atoms. The SMILES string of the molecule is COc1cc2nccc(Oc3ccc(NC(=O)Nc4ccc5c(c4)OCCO5)cc3)c2cc1OC. The molecule has 0 aliphatic carbocycles. The first-order chi connectivity index (χ1) is 17.1. The highest BCUT2D eigenvalue weighted by atomic mass is 16.6. The molecule has 35 heavy (non-hydrogen) atoms. The van der Waals surface area contributed by atoms with Crippen molar-refractivity contribution in [1.82, 2.24) is 4.98 Å². The molecule has 9 nitrogen and oxygen atoms in total. The average Bonchev–Trinajstić information content (AvgIpc) is 2.89. The zero-order chi connectivity index (χ0) is 24.2. The van der Waals surface area contributed by atoms with Gasteiger partial charge in [-0.15, -0.1) is 0 Å². The van der Waals surface area contributed by atoms with Gasteiger partial charge in [0, 0.05) is 35.1 Å². The molecule has 2 amide bonds. The van der Waals surface area contributed by atoms with Gasteiger partial charge in [-0.2, -0.15) is 0 Å². The van der Waals surface area contributed by atoms with E-state index in [1.165, 1.54) is 0 Å². The van der Waals surface area contributed by atoms with Gasteiger partial charge in [0.05, 0.1) is 19.7 Å². The first kappa shape index (κ1) is 22.1. The van der Waals surface area contributed by atoms with E-state index in [9.17, 15) is 4.79 Å². The molecule has 1 aliphatic rings. The third-order valence-corrected chi connectivity index (χ3v) is 5.35. The van der Waals surface area contributed by atoms with Crippen molar-refractivity contribution >= 4 is 28.3 Å². The summed E-state index contributed by atoms with van der Waals surface area (Å²) in [5.41, 5.74) is 1.93. The quantitative estimate of drug-likeness (QED) is 0.384. The number of amides is 2. The molecule has 9 heteroatoms. The molecule has 2 N–H and O–H groups in total. The number of fused-ring (bicyclic) bond motifs is 2. The monoisotopic (exact) mass is 473 g/mol. The van der Waals surface area contributed by atoms with Crippen molar-refractivity contribution in [2.45, 2.75) is 0 Å². The maximum absolute atomic E-state index is 12.4. The summed E-state index contributed by atoms with van der Waals surface area (Å²) in [6, 6.07) is 17.3. The van der Waals surface area contributed by atoms with Crippen LogP contribution in [0.4, 0.5) is 16.2 Å². The van der Waals surface area contributed by atoms with Gasteiger partial charge in [-0.3, -0.25) is 4.98 Å². The zero-order valence-electron chi connectivity index (χ0n) is 19.2. The number of ether oxygens (including phenoxy) is 5. The summed E-state index contributed by atoms with van der Waals surface area (Å²) in [4.78, 5) is 16.8. The predicted molar refractivity (Wildman–Crippen MR) is 131 cm³/mol. The maximum Gasteiger partial charge on any atom is 0.323 e. The number of carbonyl (C=O) groups excluding carboxylic acids is 1. The lowest BCUT2D eigenvalue weighted by Gasteiger charge is -2.19.